The lowest BCUT2D eigenvalue weighted by Crippen LogP contribution is -2.05. The van der Waals surface area contributed by atoms with Gasteiger partial charge >= 0.3 is 0 Å². The van der Waals surface area contributed by atoms with Crippen LogP contribution in [0.15, 0.2) is 64.9 Å². The van der Waals surface area contributed by atoms with Gasteiger partial charge in [-0.2, -0.15) is 9.78 Å². The van der Waals surface area contributed by atoms with Crippen molar-refractivity contribution in [3.05, 3.63) is 71.7 Å². The van der Waals surface area contributed by atoms with Crippen molar-refractivity contribution in [1.29, 1.82) is 0 Å². The molecule has 0 aliphatic carbocycles. The summed E-state index contributed by atoms with van der Waals surface area (Å²) in [6.45, 7) is 5.50. The molecule has 0 amide bonds. The third kappa shape index (κ3) is 3.78. The molecule has 0 atom stereocenters. The second-order valence-electron chi connectivity index (χ2n) is 6.52. The Labute approximate surface area is 174 Å². The van der Waals surface area contributed by atoms with Crippen molar-refractivity contribution < 1.29 is 4.74 Å². The summed E-state index contributed by atoms with van der Waals surface area (Å²) < 4.78 is 9.91. The van der Waals surface area contributed by atoms with E-state index in [9.17, 15) is 0 Å². The summed E-state index contributed by atoms with van der Waals surface area (Å²) in [5, 5.41) is 15.2. The standard InChI is InChI=1S/C22H23N5OS/c1-4-26-16(2)19(18-12-8-9-13-20(18)26)14-23-27-21(24-25-22(27)29-3)15-28-17-10-6-5-7-11-17/h5-14H,4,15H2,1-3H3/b23-14-. The Bertz CT molecular complexity index is 1150. The smallest absolute Gasteiger partial charge is 0.211 e. The minimum absolute atomic E-state index is 0.296. The molecular formula is C22H23N5OS. The molecule has 0 bridgehead atoms. The maximum absolute atomic E-state index is 5.85. The van der Waals surface area contributed by atoms with Crippen molar-refractivity contribution in [2.45, 2.75) is 32.2 Å². The quantitative estimate of drug-likeness (QED) is 0.329. The maximum Gasteiger partial charge on any atom is 0.211 e. The summed E-state index contributed by atoms with van der Waals surface area (Å²) in [4.78, 5) is 0. The monoisotopic (exact) mass is 405 g/mol. The van der Waals surface area contributed by atoms with Gasteiger partial charge in [-0.3, -0.25) is 0 Å². The number of thioether (sulfide) groups is 1. The first-order valence-electron chi connectivity index (χ1n) is 9.51. The van der Waals surface area contributed by atoms with Crippen LogP contribution in [0.25, 0.3) is 10.9 Å². The Hall–Kier alpha value is -3.06. The lowest BCUT2D eigenvalue weighted by Gasteiger charge is -2.06. The molecule has 0 radical (unpaired) electrons. The number of nitrogens with zero attached hydrogens (tertiary/aromatic N) is 5. The van der Waals surface area contributed by atoms with Crippen LogP contribution in [-0.2, 0) is 13.2 Å². The van der Waals surface area contributed by atoms with Gasteiger partial charge in [-0.05, 0) is 38.3 Å². The summed E-state index contributed by atoms with van der Waals surface area (Å²) in [6.07, 6.45) is 3.87. The van der Waals surface area contributed by atoms with Crippen LogP contribution in [0.1, 0.15) is 24.0 Å². The van der Waals surface area contributed by atoms with Gasteiger partial charge in [0.25, 0.3) is 0 Å². The lowest BCUT2D eigenvalue weighted by molar-refractivity contribution is 0.290. The van der Waals surface area contributed by atoms with E-state index in [1.165, 1.54) is 28.4 Å². The van der Waals surface area contributed by atoms with E-state index >= 15 is 0 Å². The molecule has 4 rings (SSSR count). The van der Waals surface area contributed by atoms with Gasteiger partial charge in [0.15, 0.2) is 5.82 Å². The number of aryl methyl sites for hydroxylation is 1. The van der Waals surface area contributed by atoms with E-state index in [4.69, 9.17) is 9.84 Å². The number of aromatic nitrogens is 4. The Morgan fingerprint density at radius 2 is 1.83 bits per heavy atom. The van der Waals surface area contributed by atoms with E-state index < -0.39 is 0 Å². The van der Waals surface area contributed by atoms with Crippen LogP contribution in [0.5, 0.6) is 5.75 Å². The van der Waals surface area contributed by atoms with Crippen molar-refractivity contribution >= 4 is 28.9 Å². The Morgan fingerprint density at radius 3 is 2.59 bits per heavy atom. The Morgan fingerprint density at radius 1 is 1.07 bits per heavy atom. The maximum atomic E-state index is 5.85. The number of para-hydroxylation sites is 2. The van der Waals surface area contributed by atoms with Gasteiger partial charge in [0.05, 0.1) is 6.21 Å². The summed E-state index contributed by atoms with van der Waals surface area (Å²) in [7, 11) is 0. The number of hydrogen-bond donors (Lipinski definition) is 0. The van der Waals surface area contributed by atoms with Gasteiger partial charge in [0.2, 0.25) is 5.16 Å². The van der Waals surface area contributed by atoms with E-state index in [-0.39, 0.29) is 0 Å². The summed E-state index contributed by atoms with van der Waals surface area (Å²) in [6, 6.07) is 18.1. The van der Waals surface area contributed by atoms with Gasteiger partial charge in [0, 0.05) is 28.7 Å². The van der Waals surface area contributed by atoms with Crippen molar-refractivity contribution in [3.63, 3.8) is 0 Å². The molecule has 0 fully saturated rings. The summed E-state index contributed by atoms with van der Waals surface area (Å²) in [5.74, 6) is 1.45. The molecular weight excluding hydrogens is 382 g/mol. The molecule has 0 N–H and O–H groups in total. The molecule has 6 nitrogen and oxygen atoms in total. The highest BCUT2D eigenvalue weighted by Gasteiger charge is 2.14. The van der Waals surface area contributed by atoms with Gasteiger partial charge in [0.1, 0.15) is 12.4 Å². The minimum Gasteiger partial charge on any atom is -0.486 e. The number of hydrogen-bond acceptors (Lipinski definition) is 5. The average molecular weight is 406 g/mol. The molecule has 0 aliphatic rings. The van der Waals surface area contributed by atoms with E-state index in [2.05, 4.69) is 52.9 Å². The zero-order chi connectivity index (χ0) is 20.2. The highest BCUT2D eigenvalue weighted by Crippen LogP contribution is 2.25. The predicted molar refractivity (Wildman–Crippen MR) is 118 cm³/mol. The largest absolute Gasteiger partial charge is 0.486 e. The second kappa shape index (κ2) is 8.53. The van der Waals surface area contributed by atoms with Gasteiger partial charge in [-0.1, -0.05) is 48.2 Å². The molecule has 0 unspecified atom stereocenters. The molecule has 2 aromatic heterocycles. The molecule has 2 aromatic carbocycles. The van der Waals surface area contributed by atoms with Crippen molar-refractivity contribution in [2.75, 3.05) is 6.26 Å². The molecule has 0 saturated carbocycles. The third-order valence-corrected chi connectivity index (χ3v) is 5.49. The highest BCUT2D eigenvalue weighted by molar-refractivity contribution is 7.98. The number of benzene rings is 2. The first-order valence-corrected chi connectivity index (χ1v) is 10.7. The van der Waals surface area contributed by atoms with E-state index in [0.717, 1.165) is 23.0 Å². The number of fused-ring (bicyclic) bond motifs is 1. The SMILES string of the molecule is CCn1c(C)c(/C=N\n2c(COc3ccccc3)nnc2SC)c2ccccc21. The molecule has 148 valence electrons. The fraction of sp³-hybridized carbons (Fsp3) is 0.227. The van der Waals surface area contributed by atoms with E-state index in [1.807, 2.05) is 42.8 Å². The van der Waals surface area contributed by atoms with Crippen LogP contribution in [0, 0.1) is 6.92 Å². The fourth-order valence-electron chi connectivity index (χ4n) is 3.44. The van der Waals surface area contributed by atoms with Crippen LogP contribution < -0.4 is 4.74 Å². The molecule has 0 aliphatic heterocycles. The third-order valence-electron chi connectivity index (χ3n) is 4.87. The second-order valence-corrected chi connectivity index (χ2v) is 7.29. The first kappa shape index (κ1) is 19.3. The topological polar surface area (TPSA) is 57.2 Å². The minimum atomic E-state index is 0.296. The highest BCUT2D eigenvalue weighted by atomic mass is 32.2. The van der Waals surface area contributed by atoms with E-state index in [1.54, 1.807) is 4.68 Å². The van der Waals surface area contributed by atoms with Gasteiger partial charge < -0.3 is 9.30 Å². The summed E-state index contributed by atoms with van der Waals surface area (Å²) in [5.41, 5.74) is 3.52. The van der Waals surface area contributed by atoms with Crippen molar-refractivity contribution in [3.8, 4) is 5.75 Å². The fourth-order valence-corrected chi connectivity index (χ4v) is 3.89. The van der Waals surface area contributed by atoms with Crippen LogP contribution in [-0.4, -0.2) is 31.9 Å². The predicted octanol–water partition coefficient (Wildman–Crippen LogP) is 4.74. The number of rotatable bonds is 7. The van der Waals surface area contributed by atoms with Gasteiger partial charge in [-0.15, -0.1) is 10.2 Å². The molecule has 29 heavy (non-hydrogen) atoms. The number of ether oxygens (including phenoxy) is 1. The summed E-state index contributed by atoms with van der Waals surface area (Å²) >= 11 is 1.51. The van der Waals surface area contributed by atoms with Crippen LogP contribution in [0.4, 0.5) is 0 Å². The molecule has 4 aromatic rings. The average Bonchev–Trinajstić information content (AvgIpc) is 3.28. The zero-order valence-corrected chi connectivity index (χ0v) is 17.6. The van der Waals surface area contributed by atoms with Crippen molar-refractivity contribution in [1.82, 2.24) is 19.4 Å². The van der Waals surface area contributed by atoms with E-state index in [0.29, 0.717) is 12.4 Å². The van der Waals surface area contributed by atoms with Crippen LogP contribution in [0.2, 0.25) is 0 Å². The lowest BCUT2D eigenvalue weighted by atomic mass is 10.1. The molecule has 0 spiro atoms. The zero-order valence-electron chi connectivity index (χ0n) is 16.7. The Kier molecular flexibility index (Phi) is 5.67. The van der Waals surface area contributed by atoms with Crippen molar-refractivity contribution in [2.24, 2.45) is 5.10 Å². The first-order chi connectivity index (χ1) is 14.2. The molecule has 7 heteroatoms. The molecule has 0 saturated heterocycles. The normalized spacial score (nSPS) is 11.6. The Balaban J connectivity index is 1.68. The molecule has 2 heterocycles. The van der Waals surface area contributed by atoms with Crippen LogP contribution in [0.3, 0.4) is 0 Å². The van der Waals surface area contributed by atoms with Gasteiger partial charge in [-0.25, -0.2) is 0 Å². The van der Waals surface area contributed by atoms with Crippen LogP contribution >= 0.6 is 11.8 Å².